The SMILES string of the molecule is CC1CCCCC1N(C)C(C)(CN)CC1CC1. The van der Waals surface area contributed by atoms with Gasteiger partial charge in [0.05, 0.1) is 0 Å². The van der Waals surface area contributed by atoms with Gasteiger partial charge < -0.3 is 5.73 Å². The van der Waals surface area contributed by atoms with Crippen LogP contribution in [0.4, 0.5) is 0 Å². The van der Waals surface area contributed by atoms with E-state index >= 15 is 0 Å². The van der Waals surface area contributed by atoms with Crippen LogP contribution in [0.3, 0.4) is 0 Å². The molecule has 2 N–H and O–H groups in total. The Balaban J connectivity index is 2.00. The molecule has 17 heavy (non-hydrogen) atoms. The number of hydrogen-bond donors (Lipinski definition) is 1. The Morgan fingerprint density at radius 1 is 1.18 bits per heavy atom. The van der Waals surface area contributed by atoms with Gasteiger partial charge in [0.2, 0.25) is 0 Å². The van der Waals surface area contributed by atoms with Crippen molar-refractivity contribution in [3.8, 4) is 0 Å². The zero-order valence-corrected chi connectivity index (χ0v) is 11.9. The van der Waals surface area contributed by atoms with Crippen LogP contribution < -0.4 is 5.73 Å². The predicted octanol–water partition coefficient (Wildman–Crippen LogP) is 3.01. The Bertz CT molecular complexity index is 249. The van der Waals surface area contributed by atoms with Crippen molar-refractivity contribution >= 4 is 0 Å². The Labute approximate surface area is 107 Å². The third-order valence-electron chi connectivity index (χ3n) is 5.28. The molecule has 0 radical (unpaired) electrons. The lowest BCUT2D eigenvalue weighted by atomic mass is 9.81. The summed E-state index contributed by atoms with van der Waals surface area (Å²) in [5.41, 5.74) is 6.33. The summed E-state index contributed by atoms with van der Waals surface area (Å²) < 4.78 is 0. The van der Waals surface area contributed by atoms with E-state index in [0.717, 1.165) is 24.4 Å². The van der Waals surface area contributed by atoms with Crippen LogP contribution in [0.25, 0.3) is 0 Å². The van der Waals surface area contributed by atoms with E-state index < -0.39 is 0 Å². The minimum atomic E-state index is 0.234. The second-order valence-electron chi connectivity index (χ2n) is 6.79. The van der Waals surface area contributed by atoms with Gasteiger partial charge in [-0.25, -0.2) is 0 Å². The van der Waals surface area contributed by atoms with Crippen molar-refractivity contribution in [2.45, 2.75) is 70.4 Å². The second-order valence-corrected chi connectivity index (χ2v) is 6.79. The van der Waals surface area contributed by atoms with Crippen LogP contribution >= 0.6 is 0 Å². The summed E-state index contributed by atoms with van der Waals surface area (Å²) >= 11 is 0. The molecular formula is C15H30N2. The van der Waals surface area contributed by atoms with E-state index in [4.69, 9.17) is 5.73 Å². The van der Waals surface area contributed by atoms with E-state index in [2.05, 4.69) is 25.8 Å². The Morgan fingerprint density at radius 2 is 1.82 bits per heavy atom. The van der Waals surface area contributed by atoms with Gasteiger partial charge in [-0.1, -0.05) is 32.6 Å². The lowest BCUT2D eigenvalue weighted by molar-refractivity contribution is 0.0335. The van der Waals surface area contributed by atoms with Gasteiger partial charge in [0.1, 0.15) is 0 Å². The molecule has 2 aliphatic carbocycles. The maximum Gasteiger partial charge on any atom is 0.0306 e. The first-order valence-corrected chi connectivity index (χ1v) is 7.50. The van der Waals surface area contributed by atoms with Crippen molar-refractivity contribution < 1.29 is 0 Å². The van der Waals surface area contributed by atoms with Crippen molar-refractivity contribution in [2.75, 3.05) is 13.6 Å². The molecule has 2 heteroatoms. The second kappa shape index (κ2) is 5.27. The zero-order valence-electron chi connectivity index (χ0n) is 11.9. The van der Waals surface area contributed by atoms with E-state index in [1.807, 2.05) is 0 Å². The highest BCUT2D eigenvalue weighted by Gasteiger charge is 2.39. The van der Waals surface area contributed by atoms with Crippen molar-refractivity contribution in [2.24, 2.45) is 17.6 Å². The van der Waals surface area contributed by atoms with Crippen molar-refractivity contribution in [1.29, 1.82) is 0 Å². The molecule has 2 saturated carbocycles. The molecule has 0 aromatic carbocycles. The van der Waals surface area contributed by atoms with Gasteiger partial charge in [-0.3, -0.25) is 4.90 Å². The third kappa shape index (κ3) is 3.03. The first-order chi connectivity index (χ1) is 8.07. The Hall–Kier alpha value is -0.0800. The van der Waals surface area contributed by atoms with E-state index in [0.29, 0.717) is 0 Å². The molecule has 3 unspecified atom stereocenters. The molecule has 0 amide bonds. The van der Waals surface area contributed by atoms with Gasteiger partial charge in [-0.15, -0.1) is 0 Å². The van der Waals surface area contributed by atoms with Crippen LogP contribution in [0, 0.1) is 11.8 Å². The van der Waals surface area contributed by atoms with Crippen LogP contribution in [-0.2, 0) is 0 Å². The lowest BCUT2D eigenvalue weighted by Crippen LogP contribution is -2.56. The summed E-state index contributed by atoms with van der Waals surface area (Å²) in [6.07, 6.45) is 9.78. The minimum Gasteiger partial charge on any atom is -0.329 e. The van der Waals surface area contributed by atoms with E-state index in [9.17, 15) is 0 Å². The monoisotopic (exact) mass is 238 g/mol. The molecule has 2 fully saturated rings. The van der Waals surface area contributed by atoms with E-state index in [-0.39, 0.29) is 5.54 Å². The summed E-state index contributed by atoms with van der Waals surface area (Å²) in [5.74, 6) is 1.81. The third-order valence-corrected chi connectivity index (χ3v) is 5.28. The first-order valence-electron chi connectivity index (χ1n) is 7.50. The van der Waals surface area contributed by atoms with Crippen LogP contribution in [0.15, 0.2) is 0 Å². The van der Waals surface area contributed by atoms with Crippen LogP contribution in [0.1, 0.15) is 58.8 Å². The molecule has 2 nitrogen and oxygen atoms in total. The fraction of sp³-hybridized carbons (Fsp3) is 1.00. The summed E-state index contributed by atoms with van der Waals surface area (Å²) in [5, 5.41) is 0. The van der Waals surface area contributed by atoms with Crippen molar-refractivity contribution in [3.63, 3.8) is 0 Å². The summed E-state index contributed by atoms with van der Waals surface area (Å²) in [6, 6.07) is 0.760. The van der Waals surface area contributed by atoms with Crippen LogP contribution in [-0.4, -0.2) is 30.1 Å². The Morgan fingerprint density at radius 3 is 2.35 bits per heavy atom. The van der Waals surface area contributed by atoms with Gasteiger partial charge in [0.25, 0.3) is 0 Å². The van der Waals surface area contributed by atoms with Gasteiger partial charge >= 0.3 is 0 Å². The highest BCUT2D eigenvalue weighted by Crippen LogP contribution is 2.40. The number of nitrogens with two attached hydrogens (primary N) is 1. The lowest BCUT2D eigenvalue weighted by Gasteiger charge is -2.47. The Kier molecular flexibility index (Phi) is 4.14. The molecule has 100 valence electrons. The molecule has 0 aliphatic heterocycles. The molecule has 0 aromatic heterocycles. The summed E-state index contributed by atoms with van der Waals surface area (Å²) in [6.45, 7) is 5.62. The number of rotatable bonds is 5. The van der Waals surface area contributed by atoms with Gasteiger partial charge in [-0.2, -0.15) is 0 Å². The van der Waals surface area contributed by atoms with E-state index in [1.54, 1.807) is 0 Å². The summed E-state index contributed by atoms with van der Waals surface area (Å²) in [7, 11) is 2.32. The molecule has 0 spiro atoms. The maximum atomic E-state index is 6.09. The molecule has 0 heterocycles. The smallest absolute Gasteiger partial charge is 0.0306 e. The quantitative estimate of drug-likeness (QED) is 0.798. The van der Waals surface area contributed by atoms with Crippen LogP contribution in [0.5, 0.6) is 0 Å². The number of hydrogen-bond acceptors (Lipinski definition) is 2. The largest absolute Gasteiger partial charge is 0.329 e. The molecular weight excluding hydrogens is 208 g/mol. The topological polar surface area (TPSA) is 29.3 Å². The van der Waals surface area contributed by atoms with E-state index in [1.165, 1.54) is 44.9 Å². The van der Waals surface area contributed by atoms with Gasteiger partial charge in [0, 0.05) is 18.1 Å². The normalized spacial score (nSPS) is 33.7. The highest BCUT2D eigenvalue weighted by molar-refractivity contribution is 4.95. The number of likely N-dealkylation sites (N-methyl/N-ethyl adjacent to an activating group) is 1. The molecule has 0 aromatic rings. The standard InChI is InChI=1S/C15H30N2/c1-12-6-4-5-7-14(12)17(3)15(2,11-16)10-13-8-9-13/h12-14H,4-11,16H2,1-3H3. The first kappa shape index (κ1) is 13.4. The molecule has 0 saturated heterocycles. The highest BCUT2D eigenvalue weighted by atomic mass is 15.2. The molecule has 2 aliphatic rings. The number of nitrogens with zero attached hydrogens (tertiary/aromatic N) is 1. The van der Waals surface area contributed by atoms with Crippen LogP contribution in [0.2, 0.25) is 0 Å². The van der Waals surface area contributed by atoms with Crippen molar-refractivity contribution in [1.82, 2.24) is 4.90 Å². The molecule has 3 atom stereocenters. The molecule has 0 bridgehead atoms. The van der Waals surface area contributed by atoms with Crippen molar-refractivity contribution in [3.05, 3.63) is 0 Å². The fourth-order valence-electron chi connectivity index (χ4n) is 3.59. The fourth-order valence-corrected chi connectivity index (χ4v) is 3.59. The van der Waals surface area contributed by atoms with Gasteiger partial charge in [0.15, 0.2) is 0 Å². The summed E-state index contributed by atoms with van der Waals surface area (Å²) in [4.78, 5) is 2.63. The average Bonchev–Trinajstić information content (AvgIpc) is 3.12. The molecule has 2 rings (SSSR count). The minimum absolute atomic E-state index is 0.234. The predicted molar refractivity (Wildman–Crippen MR) is 74.0 cm³/mol. The van der Waals surface area contributed by atoms with Gasteiger partial charge in [-0.05, 0) is 45.1 Å². The maximum absolute atomic E-state index is 6.09. The average molecular weight is 238 g/mol. The zero-order chi connectivity index (χ0) is 12.5.